The number of thiophene rings is 1. The van der Waals surface area contributed by atoms with Gasteiger partial charge < -0.3 is 10.8 Å². The third kappa shape index (κ3) is 2.94. The molecule has 1 aromatic heterocycles. The van der Waals surface area contributed by atoms with Crippen LogP contribution in [0.3, 0.4) is 0 Å². The van der Waals surface area contributed by atoms with E-state index in [1.807, 2.05) is 17.5 Å². The second kappa shape index (κ2) is 5.42. The van der Waals surface area contributed by atoms with Crippen molar-refractivity contribution < 1.29 is 9.90 Å². The van der Waals surface area contributed by atoms with E-state index in [9.17, 15) is 9.90 Å². The monoisotopic (exact) mass is 276 g/mol. The molecule has 0 saturated carbocycles. The van der Waals surface area contributed by atoms with Crippen LogP contribution < -0.4 is 11.1 Å². The molecule has 0 fully saturated rings. The van der Waals surface area contributed by atoms with Crippen LogP contribution in [0.25, 0.3) is 0 Å². The number of carbonyl (C=O) groups excluding carboxylic acids is 1. The lowest BCUT2D eigenvalue weighted by Gasteiger charge is -2.28. The third-order valence-corrected chi connectivity index (χ3v) is 4.01. The predicted octanol–water partition coefficient (Wildman–Crippen LogP) is 1.94. The van der Waals surface area contributed by atoms with Crippen LogP contribution >= 0.6 is 11.3 Å². The van der Waals surface area contributed by atoms with E-state index in [2.05, 4.69) is 5.32 Å². The van der Waals surface area contributed by atoms with Gasteiger partial charge in [0.15, 0.2) is 0 Å². The van der Waals surface area contributed by atoms with Crippen molar-refractivity contribution in [1.29, 1.82) is 0 Å². The summed E-state index contributed by atoms with van der Waals surface area (Å²) in [6.45, 7) is 2.31. The molecule has 0 radical (unpaired) electrons. The van der Waals surface area contributed by atoms with Gasteiger partial charge in [-0.1, -0.05) is 18.2 Å². The van der Waals surface area contributed by atoms with E-state index in [0.717, 1.165) is 10.4 Å². The maximum atomic E-state index is 11.8. The van der Waals surface area contributed by atoms with Crippen LogP contribution in [0, 0.1) is 0 Å². The molecule has 1 heterocycles. The Morgan fingerprint density at radius 3 is 2.58 bits per heavy atom. The highest BCUT2D eigenvalue weighted by atomic mass is 32.1. The van der Waals surface area contributed by atoms with Crippen LogP contribution in [0.5, 0.6) is 5.75 Å². The number of hydrogen-bond donors (Lipinski definition) is 3. The van der Waals surface area contributed by atoms with Crippen molar-refractivity contribution in [3.05, 3.63) is 52.2 Å². The highest BCUT2D eigenvalue weighted by Gasteiger charge is 2.32. The molecule has 19 heavy (non-hydrogen) atoms. The number of nitrogens with one attached hydrogen (secondary N) is 1. The Hall–Kier alpha value is -1.85. The van der Waals surface area contributed by atoms with Crippen molar-refractivity contribution in [3.8, 4) is 5.75 Å². The second-order valence-electron chi connectivity index (χ2n) is 4.47. The van der Waals surface area contributed by atoms with Crippen molar-refractivity contribution in [2.45, 2.75) is 19.0 Å². The minimum Gasteiger partial charge on any atom is -0.508 e. The average molecular weight is 276 g/mol. The van der Waals surface area contributed by atoms with Gasteiger partial charge >= 0.3 is 0 Å². The highest BCUT2D eigenvalue weighted by molar-refractivity contribution is 7.09. The van der Waals surface area contributed by atoms with Gasteiger partial charge in [-0.3, -0.25) is 10.1 Å². The van der Waals surface area contributed by atoms with E-state index in [-0.39, 0.29) is 5.75 Å². The minimum atomic E-state index is -0.961. The van der Waals surface area contributed by atoms with Crippen molar-refractivity contribution in [2.75, 3.05) is 0 Å². The quantitative estimate of drug-likeness (QED) is 0.781. The first kappa shape index (κ1) is 13.6. The second-order valence-corrected chi connectivity index (χ2v) is 5.50. The van der Waals surface area contributed by atoms with Gasteiger partial charge in [0, 0.05) is 11.4 Å². The summed E-state index contributed by atoms with van der Waals surface area (Å²) in [6, 6.07) is 10.4. The molecule has 5 heteroatoms. The lowest BCUT2D eigenvalue weighted by Crippen LogP contribution is -2.49. The zero-order valence-electron chi connectivity index (χ0n) is 10.6. The number of benzene rings is 1. The molecule has 0 spiro atoms. The summed E-state index contributed by atoms with van der Waals surface area (Å²) in [6.07, 6.45) is 0. The first-order valence-electron chi connectivity index (χ1n) is 5.89. The third-order valence-electron chi connectivity index (χ3n) is 3.13. The van der Waals surface area contributed by atoms with Crippen molar-refractivity contribution in [2.24, 2.45) is 5.73 Å². The van der Waals surface area contributed by atoms with Crippen LogP contribution in [-0.2, 0) is 16.9 Å². The topological polar surface area (TPSA) is 75.3 Å². The molecule has 2 rings (SSSR count). The number of aromatic hydroxyl groups is 1. The summed E-state index contributed by atoms with van der Waals surface area (Å²) in [7, 11) is 0. The molecule has 0 saturated heterocycles. The van der Waals surface area contributed by atoms with Gasteiger partial charge in [0.25, 0.3) is 0 Å². The van der Waals surface area contributed by atoms with Crippen LogP contribution in [0.1, 0.15) is 17.4 Å². The average Bonchev–Trinajstić information content (AvgIpc) is 2.89. The van der Waals surface area contributed by atoms with Gasteiger partial charge in [-0.15, -0.1) is 11.3 Å². The van der Waals surface area contributed by atoms with Crippen molar-refractivity contribution in [1.82, 2.24) is 5.32 Å². The molecule has 1 unspecified atom stereocenters. The predicted molar refractivity (Wildman–Crippen MR) is 75.8 cm³/mol. The standard InChI is InChI=1S/C14H16N2O2S/c1-14(13(15)18,10-4-6-11(17)7-5-10)16-9-12-3-2-8-19-12/h2-8,16-17H,9H2,1H3,(H2,15,18). The van der Waals surface area contributed by atoms with Crippen LogP contribution in [0.4, 0.5) is 0 Å². The summed E-state index contributed by atoms with van der Waals surface area (Å²) >= 11 is 1.62. The molecular formula is C14H16N2O2S. The fraction of sp³-hybridized carbons (Fsp3) is 0.214. The van der Waals surface area contributed by atoms with E-state index < -0.39 is 11.4 Å². The number of primary amides is 1. The summed E-state index contributed by atoms with van der Waals surface area (Å²) in [5, 5.41) is 14.5. The van der Waals surface area contributed by atoms with Crippen LogP contribution in [0.15, 0.2) is 41.8 Å². The summed E-state index contributed by atoms with van der Waals surface area (Å²) in [5.74, 6) is -0.288. The van der Waals surface area contributed by atoms with Crippen LogP contribution in [-0.4, -0.2) is 11.0 Å². The Kier molecular flexibility index (Phi) is 3.87. The van der Waals surface area contributed by atoms with Gasteiger partial charge in [0.2, 0.25) is 5.91 Å². The van der Waals surface area contributed by atoms with Crippen molar-refractivity contribution in [3.63, 3.8) is 0 Å². The maximum absolute atomic E-state index is 11.8. The zero-order valence-corrected chi connectivity index (χ0v) is 11.4. The van der Waals surface area contributed by atoms with E-state index in [1.54, 1.807) is 42.5 Å². The summed E-state index contributed by atoms with van der Waals surface area (Å²) in [5.41, 5.74) is 5.29. The Bertz CT molecular complexity index is 551. The van der Waals surface area contributed by atoms with E-state index >= 15 is 0 Å². The Morgan fingerprint density at radius 1 is 1.37 bits per heavy atom. The van der Waals surface area contributed by atoms with Gasteiger partial charge in [-0.2, -0.15) is 0 Å². The number of amides is 1. The molecule has 0 aliphatic heterocycles. The lowest BCUT2D eigenvalue weighted by molar-refractivity contribution is -0.124. The van der Waals surface area contributed by atoms with E-state index in [0.29, 0.717) is 6.54 Å². The highest BCUT2D eigenvalue weighted by Crippen LogP contribution is 2.23. The summed E-state index contributed by atoms with van der Waals surface area (Å²) < 4.78 is 0. The molecule has 1 aromatic carbocycles. The minimum absolute atomic E-state index is 0.161. The van der Waals surface area contributed by atoms with Gasteiger partial charge in [0.1, 0.15) is 11.3 Å². The molecular weight excluding hydrogens is 260 g/mol. The van der Waals surface area contributed by atoms with Gasteiger partial charge in [0.05, 0.1) is 0 Å². The number of rotatable bonds is 5. The van der Waals surface area contributed by atoms with E-state index in [1.165, 1.54) is 0 Å². The Labute approximate surface area is 115 Å². The fourth-order valence-corrected chi connectivity index (χ4v) is 2.45. The van der Waals surface area contributed by atoms with E-state index in [4.69, 9.17) is 5.73 Å². The largest absolute Gasteiger partial charge is 0.508 e. The number of hydrogen-bond acceptors (Lipinski definition) is 4. The number of phenolic OH excluding ortho intramolecular Hbond substituents is 1. The normalized spacial score (nSPS) is 13.9. The van der Waals surface area contributed by atoms with Crippen LogP contribution in [0.2, 0.25) is 0 Å². The molecule has 4 N–H and O–H groups in total. The first-order chi connectivity index (χ1) is 9.02. The first-order valence-corrected chi connectivity index (χ1v) is 6.77. The van der Waals surface area contributed by atoms with Gasteiger partial charge in [-0.25, -0.2) is 0 Å². The Morgan fingerprint density at radius 2 is 2.05 bits per heavy atom. The molecule has 100 valence electrons. The number of phenols is 1. The molecule has 1 amide bonds. The molecule has 4 nitrogen and oxygen atoms in total. The smallest absolute Gasteiger partial charge is 0.242 e. The number of carbonyl (C=O) groups is 1. The molecule has 2 aromatic rings. The van der Waals surface area contributed by atoms with Crippen molar-refractivity contribution >= 4 is 17.2 Å². The maximum Gasteiger partial charge on any atom is 0.242 e. The lowest BCUT2D eigenvalue weighted by atomic mass is 9.91. The summed E-state index contributed by atoms with van der Waals surface area (Å²) in [4.78, 5) is 12.9. The Balaban J connectivity index is 2.22. The number of nitrogens with two attached hydrogens (primary N) is 1. The molecule has 1 atom stereocenters. The fourth-order valence-electron chi connectivity index (χ4n) is 1.80. The molecule has 0 aliphatic rings. The van der Waals surface area contributed by atoms with Gasteiger partial charge in [-0.05, 0) is 36.1 Å². The molecule has 0 aliphatic carbocycles. The zero-order chi connectivity index (χ0) is 13.9. The molecule has 0 bridgehead atoms. The SMILES string of the molecule is CC(NCc1cccs1)(C(N)=O)c1ccc(O)cc1.